The van der Waals surface area contributed by atoms with E-state index in [1.54, 1.807) is 17.8 Å². The van der Waals surface area contributed by atoms with Crippen molar-refractivity contribution in [3.63, 3.8) is 0 Å². The van der Waals surface area contributed by atoms with Crippen LogP contribution in [0.25, 0.3) is 22.4 Å². The number of aromatic nitrogens is 4. The number of hydrogen-bond acceptors (Lipinski definition) is 6. The zero-order valence-electron chi connectivity index (χ0n) is 20.4. The molecule has 35 heavy (non-hydrogen) atoms. The number of aryl methyl sites for hydroxylation is 1. The summed E-state index contributed by atoms with van der Waals surface area (Å²) in [7, 11) is 0.938. The Morgan fingerprint density at radius 2 is 1.71 bits per heavy atom. The fourth-order valence-electron chi connectivity index (χ4n) is 4.82. The second kappa shape index (κ2) is 9.79. The highest BCUT2D eigenvalue weighted by Gasteiger charge is 2.18. The Balaban J connectivity index is 1.16. The average Bonchev–Trinajstić information content (AvgIpc) is 3.28. The molecule has 1 aliphatic rings. The van der Waals surface area contributed by atoms with E-state index in [0.717, 1.165) is 61.3 Å². The standard InChI is InChI=1S/C26H31N5O2S2/c1-29-23-8-5-4-7-21(23)18-24(29)25-27-28-26(30(25)2)34-16-6-13-31-14-11-19-9-10-22(35(3,32)33)17-20(19)12-15-31/h4-5,7-10,17-18H,6,11-16H2,1-3H3. The quantitative estimate of drug-likeness (QED) is 0.277. The van der Waals surface area contributed by atoms with E-state index in [1.807, 2.05) is 19.2 Å². The van der Waals surface area contributed by atoms with Gasteiger partial charge in [0.1, 0.15) is 0 Å². The first kappa shape index (κ1) is 24.1. The Hall–Kier alpha value is -2.62. The van der Waals surface area contributed by atoms with Gasteiger partial charge in [0, 0.05) is 50.1 Å². The molecule has 0 unspecified atom stereocenters. The molecule has 0 amide bonds. The van der Waals surface area contributed by atoms with Gasteiger partial charge in [-0.2, -0.15) is 0 Å². The van der Waals surface area contributed by atoms with Crippen molar-refractivity contribution in [2.24, 2.45) is 14.1 Å². The molecule has 0 saturated heterocycles. The molecule has 0 spiro atoms. The smallest absolute Gasteiger partial charge is 0.191 e. The lowest BCUT2D eigenvalue weighted by Crippen LogP contribution is -2.27. The maximum atomic E-state index is 11.9. The first-order chi connectivity index (χ1) is 16.8. The lowest BCUT2D eigenvalue weighted by Gasteiger charge is -2.19. The van der Waals surface area contributed by atoms with Crippen molar-refractivity contribution in [1.82, 2.24) is 24.2 Å². The second-order valence-corrected chi connectivity index (χ2v) is 12.3. The summed E-state index contributed by atoms with van der Waals surface area (Å²) in [4.78, 5) is 2.91. The SMILES string of the molecule is Cn1c(SCCCN2CCc3ccc(S(C)(=O)=O)cc3CC2)nnc1-c1cc2ccccc2n1C. The average molecular weight is 510 g/mol. The van der Waals surface area contributed by atoms with Crippen molar-refractivity contribution >= 4 is 32.5 Å². The fourth-order valence-corrected chi connectivity index (χ4v) is 6.33. The monoisotopic (exact) mass is 509 g/mol. The lowest BCUT2D eigenvalue weighted by molar-refractivity contribution is 0.289. The molecular formula is C26H31N5O2S2. The summed E-state index contributed by atoms with van der Waals surface area (Å²) < 4.78 is 28.1. The Morgan fingerprint density at radius 1 is 0.943 bits per heavy atom. The first-order valence-corrected chi connectivity index (χ1v) is 14.8. The normalized spacial score (nSPS) is 14.8. The molecule has 2 aromatic carbocycles. The minimum absolute atomic E-state index is 0.424. The molecule has 0 saturated carbocycles. The van der Waals surface area contributed by atoms with Crippen molar-refractivity contribution in [2.45, 2.75) is 29.3 Å². The molecule has 184 valence electrons. The molecule has 1 aliphatic heterocycles. The third kappa shape index (κ3) is 5.03. The van der Waals surface area contributed by atoms with Gasteiger partial charge in [-0.15, -0.1) is 10.2 Å². The van der Waals surface area contributed by atoms with E-state index < -0.39 is 9.84 Å². The number of benzene rings is 2. The maximum absolute atomic E-state index is 11.9. The number of fused-ring (bicyclic) bond motifs is 2. The van der Waals surface area contributed by atoms with Crippen LogP contribution < -0.4 is 0 Å². The first-order valence-electron chi connectivity index (χ1n) is 11.9. The van der Waals surface area contributed by atoms with Crippen LogP contribution >= 0.6 is 11.8 Å². The highest BCUT2D eigenvalue weighted by Crippen LogP contribution is 2.28. The zero-order chi connectivity index (χ0) is 24.6. The van der Waals surface area contributed by atoms with E-state index in [1.165, 1.54) is 28.3 Å². The molecule has 3 heterocycles. The number of rotatable bonds is 7. The number of hydrogen-bond donors (Lipinski definition) is 0. The van der Waals surface area contributed by atoms with Crippen molar-refractivity contribution in [2.75, 3.05) is 31.6 Å². The topological polar surface area (TPSA) is 73.0 Å². The van der Waals surface area contributed by atoms with Crippen LogP contribution in [0.1, 0.15) is 17.5 Å². The van der Waals surface area contributed by atoms with Crippen molar-refractivity contribution < 1.29 is 8.42 Å². The minimum Gasteiger partial charge on any atom is -0.341 e. The van der Waals surface area contributed by atoms with Crippen LogP contribution in [0.3, 0.4) is 0 Å². The third-order valence-electron chi connectivity index (χ3n) is 6.87. The van der Waals surface area contributed by atoms with Crippen LogP contribution in [0.2, 0.25) is 0 Å². The van der Waals surface area contributed by atoms with Crippen LogP contribution in [-0.2, 0) is 36.8 Å². The molecular weight excluding hydrogens is 478 g/mol. The van der Waals surface area contributed by atoms with E-state index in [0.29, 0.717) is 4.90 Å². The van der Waals surface area contributed by atoms with Crippen LogP contribution in [0.15, 0.2) is 58.6 Å². The highest BCUT2D eigenvalue weighted by molar-refractivity contribution is 7.99. The van der Waals surface area contributed by atoms with Gasteiger partial charge < -0.3 is 14.0 Å². The number of sulfone groups is 1. The van der Waals surface area contributed by atoms with Gasteiger partial charge in [0.15, 0.2) is 20.8 Å². The Labute approximate surface area is 211 Å². The summed E-state index contributed by atoms with van der Waals surface area (Å²) in [5.41, 5.74) is 4.70. The maximum Gasteiger partial charge on any atom is 0.191 e. The van der Waals surface area contributed by atoms with Crippen LogP contribution in [0.5, 0.6) is 0 Å². The summed E-state index contributed by atoms with van der Waals surface area (Å²) in [5.74, 6) is 1.85. The van der Waals surface area contributed by atoms with Gasteiger partial charge in [0.05, 0.1) is 10.6 Å². The summed E-state index contributed by atoms with van der Waals surface area (Å²) in [6, 6.07) is 16.1. The molecule has 0 radical (unpaired) electrons. The number of thioether (sulfide) groups is 1. The second-order valence-electron chi connectivity index (χ2n) is 9.26. The minimum atomic E-state index is -3.17. The number of nitrogens with zero attached hydrogens (tertiary/aromatic N) is 5. The summed E-state index contributed by atoms with van der Waals surface area (Å²) in [5, 5.41) is 11.1. The molecule has 0 atom stereocenters. The summed E-state index contributed by atoms with van der Waals surface area (Å²) >= 11 is 1.75. The van der Waals surface area contributed by atoms with Crippen LogP contribution in [0.4, 0.5) is 0 Å². The van der Waals surface area contributed by atoms with Crippen LogP contribution in [0, 0.1) is 0 Å². The van der Waals surface area contributed by atoms with Gasteiger partial charge in [-0.1, -0.05) is 36.0 Å². The molecule has 5 rings (SSSR count). The van der Waals surface area contributed by atoms with Gasteiger partial charge in [-0.25, -0.2) is 8.42 Å². The Kier molecular flexibility index (Phi) is 6.74. The van der Waals surface area contributed by atoms with Gasteiger partial charge in [0.25, 0.3) is 0 Å². The van der Waals surface area contributed by atoms with Gasteiger partial charge in [-0.05, 0) is 61.2 Å². The molecule has 2 aromatic heterocycles. The van der Waals surface area contributed by atoms with E-state index in [9.17, 15) is 8.42 Å². The lowest BCUT2D eigenvalue weighted by atomic mass is 10.0. The summed E-state index contributed by atoms with van der Waals surface area (Å²) in [6.45, 7) is 2.99. The molecule has 0 fully saturated rings. The van der Waals surface area contributed by atoms with Gasteiger partial charge >= 0.3 is 0 Å². The molecule has 4 aromatic rings. The van der Waals surface area contributed by atoms with Crippen LogP contribution in [-0.4, -0.2) is 64.3 Å². The molecule has 0 aliphatic carbocycles. The fraction of sp³-hybridized carbons (Fsp3) is 0.385. The Morgan fingerprint density at radius 3 is 2.49 bits per heavy atom. The molecule has 9 heteroatoms. The predicted octanol–water partition coefficient (Wildman–Crippen LogP) is 3.96. The van der Waals surface area contributed by atoms with E-state index >= 15 is 0 Å². The van der Waals surface area contributed by atoms with Gasteiger partial charge in [-0.3, -0.25) is 0 Å². The predicted molar refractivity (Wildman–Crippen MR) is 142 cm³/mol. The third-order valence-corrected chi connectivity index (χ3v) is 9.08. The van der Waals surface area contributed by atoms with Crippen molar-refractivity contribution in [1.29, 1.82) is 0 Å². The summed E-state index contributed by atoms with van der Waals surface area (Å²) in [6.07, 6.45) is 4.19. The Bertz CT molecular complexity index is 1470. The van der Waals surface area contributed by atoms with E-state index in [-0.39, 0.29) is 0 Å². The molecule has 0 N–H and O–H groups in total. The molecule has 7 nitrogen and oxygen atoms in total. The van der Waals surface area contributed by atoms with E-state index in [2.05, 4.69) is 61.6 Å². The van der Waals surface area contributed by atoms with Crippen molar-refractivity contribution in [3.05, 3.63) is 59.7 Å². The van der Waals surface area contributed by atoms with Gasteiger partial charge in [0.2, 0.25) is 0 Å². The zero-order valence-corrected chi connectivity index (χ0v) is 22.1. The van der Waals surface area contributed by atoms with E-state index in [4.69, 9.17) is 0 Å². The van der Waals surface area contributed by atoms with Crippen molar-refractivity contribution in [3.8, 4) is 11.5 Å². The largest absolute Gasteiger partial charge is 0.341 e. The number of para-hydroxylation sites is 1. The highest BCUT2D eigenvalue weighted by atomic mass is 32.2. The molecule has 0 bridgehead atoms.